The van der Waals surface area contributed by atoms with Gasteiger partial charge in [0.25, 0.3) is 0 Å². The average molecular weight is 183 g/mol. The van der Waals surface area contributed by atoms with E-state index >= 15 is 0 Å². The minimum absolute atomic E-state index is 0. The van der Waals surface area contributed by atoms with E-state index in [1.807, 2.05) is 5.32 Å². The summed E-state index contributed by atoms with van der Waals surface area (Å²) in [7, 11) is 0. The second-order valence-electron chi connectivity index (χ2n) is 2.24. The second kappa shape index (κ2) is 3.42. The van der Waals surface area contributed by atoms with Gasteiger partial charge >= 0.3 is 41.5 Å². The van der Waals surface area contributed by atoms with Crippen LogP contribution in [0.3, 0.4) is 0 Å². The fraction of sp³-hybridized carbons (Fsp3) is 0.400. The molecule has 0 aromatic rings. The number of β-lactam (4-membered cyclic amide) rings is 1. The summed E-state index contributed by atoms with van der Waals surface area (Å²) in [6.07, 6.45) is -0.488. The molecule has 0 aliphatic carbocycles. The van der Waals surface area contributed by atoms with Crippen LogP contribution in [0.25, 0.3) is 0 Å². The Morgan fingerprint density at radius 3 is 1.75 bits per heavy atom. The molecule has 0 unspecified atom stereocenters. The van der Waals surface area contributed by atoms with Crippen molar-refractivity contribution < 1.29 is 24.6 Å². The van der Waals surface area contributed by atoms with Crippen molar-refractivity contribution in [2.45, 2.75) is 12.0 Å². The molecule has 62 valence electrons. The van der Waals surface area contributed by atoms with E-state index in [0.29, 0.717) is 0 Å². The summed E-state index contributed by atoms with van der Waals surface area (Å²) >= 11 is 0. The average Bonchev–Trinajstić information content (AvgIpc) is 1.78. The summed E-state index contributed by atoms with van der Waals surface area (Å²) in [6, 6.07) is 0. The van der Waals surface area contributed by atoms with Gasteiger partial charge in [0.1, 0.15) is 0 Å². The van der Waals surface area contributed by atoms with E-state index < -0.39 is 29.8 Å². The Bertz CT molecular complexity index is 226. The molecule has 1 saturated heterocycles. The molecule has 7 heteroatoms. The molecule has 0 atom stereocenters. The molecule has 1 fully saturated rings. The standard InChI is InChI=1S/C5H5NO5.Na.H/c7-2-1-5(6-2,3(8)9)4(10)11;;/h1H2,(H,6,7)(H,8,9)(H,10,11);;. The fourth-order valence-corrected chi connectivity index (χ4v) is 0.810. The molecule has 0 spiro atoms. The van der Waals surface area contributed by atoms with Crippen LogP contribution in [0.15, 0.2) is 0 Å². The van der Waals surface area contributed by atoms with Crippen LogP contribution in [0, 0.1) is 0 Å². The number of rotatable bonds is 2. The van der Waals surface area contributed by atoms with Crippen molar-refractivity contribution in [3.8, 4) is 0 Å². The van der Waals surface area contributed by atoms with Gasteiger partial charge in [-0.15, -0.1) is 0 Å². The van der Waals surface area contributed by atoms with Crippen LogP contribution in [0.4, 0.5) is 0 Å². The summed E-state index contributed by atoms with van der Waals surface area (Å²) < 4.78 is 0. The van der Waals surface area contributed by atoms with Gasteiger partial charge in [-0.25, -0.2) is 9.59 Å². The van der Waals surface area contributed by atoms with Crippen molar-refractivity contribution in [1.82, 2.24) is 5.32 Å². The van der Waals surface area contributed by atoms with Crippen molar-refractivity contribution in [3.05, 3.63) is 0 Å². The molecule has 6 nitrogen and oxygen atoms in total. The van der Waals surface area contributed by atoms with Crippen LogP contribution in [0.5, 0.6) is 0 Å². The van der Waals surface area contributed by atoms with Crippen LogP contribution in [0.2, 0.25) is 0 Å². The van der Waals surface area contributed by atoms with E-state index in [-0.39, 0.29) is 29.6 Å². The number of hydrogen-bond donors (Lipinski definition) is 3. The van der Waals surface area contributed by atoms with E-state index in [1.165, 1.54) is 0 Å². The molecule has 0 aromatic heterocycles. The van der Waals surface area contributed by atoms with Crippen molar-refractivity contribution in [2.24, 2.45) is 0 Å². The molecular formula is C5H6NNaO5. The Balaban J connectivity index is 0.00000121. The minimum atomic E-state index is -2.07. The summed E-state index contributed by atoms with van der Waals surface area (Å²) in [6.45, 7) is 0. The second-order valence-corrected chi connectivity index (χ2v) is 2.24. The summed E-state index contributed by atoms with van der Waals surface area (Å²) in [5.74, 6) is -3.64. The molecule has 0 radical (unpaired) electrons. The topological polar surface area (TPSA) is 104 Å². The van der Waals surface area contributed by atoms with Crippen LogP contribution in [0.1, 0.15) is 6.42 Å². The summed E-state index contributed by atoms with van der Waals surface area (Å²) in [5, 5.41) is 18.6. The Labute approximate surface area is 89.2 Å². The first-order chi connectivity index (χ1) is 4.99. The molecule has 0 aromatic carbocycles. The van der Waals surface area contributed by atoms with Gasteiger partial charge < -0.3 is 15.5 Å². The van der Waals surface area contributed by atoms with Crippen LogP contribution >= 0.6 is 0 Å². The third kappa shape index (κ3) is 1.45. The van der Waals surface area contributed by atoms with E-state index in [1.54, 1.807) is 0 Å². The molecule has 1 aliphatic heterocycles. The maximum atomic E-state index is 10.3. The number of carboxylic acids is 2. The number of amides is 1. The molecular weight excluding hydrogens is 177 g/mol. The molecule has 0 saturated carbocycles. The first kappa shape index (κ1) is 11.4. The molecule has 1 heterocycles. The van der Waals surface area contributed by atoms with Gasteiger partial charge in [-0.1, -0.05) is 0 Å². The summed E-state index contributed by atoms with van der Waals surface area (Å²) in [4.78, 5) is 30.9. The normalized spacial score (nSPS) is 18.2. The van der Waals surface area contributed by atoms with Gasteiger partial charge in [-0.05, 0) is 0 Å². The molecule has 1 aliphatic rings. The van der Waals surface area contributed by atoms with Gasteiger partial charge in [0.2, 0.25) is 11.4 Å². The third-order valence-electron chi connectivity index (χ3n) is 1.51. The van der Waals surface area contributed by atoms with Crippen molar-refractivity contribution in [1.29, 1.82) is 0 Å². The maximum absolute atomic E-state index is 10.3. The zero-order chi connectivity index (χ0) is 8.65. The fourth-order valence-electron chi connectivity index (χ4n) is 0.810. The van der Waals surface area contributed by atoms with Crippen molar-refractivity contribution in [3.63, 3.8) is 0 Å². The number of carbonyl (C=O) groups excluding carboxylic acids is 1. The number of nitrogens with one attached hydrogen (secondary N) is 1. The first-order valence-corrected chi connectivity index (χ1v) is 2.77. The Morgan fingerprint density at radius 1 is 1.33 bits per heavy atom. The van der Waals surface area contributed by atoms with E-state index in [2.05, 4.69) is 0 Å². The van der Waals surface area contributed by atoms with Crippen LogP contribution in [-0.2, 0) is 14.4 Å². The van der Waals surface area contributed by atoms with Gasteiger partial charge in [0, 0.05) is 0 Å². The molecule has 0 bridgehead atoms. The van der Waals surface area contributed by atoms with Gasteiger partial charge in [-0.3, -0.25) is 4.79 Å². The predicted octanol–water partition coefficient (Wildman–Crippen LogP) is -2.23. The monoisotopic (exact) mass is 183 g/mol. The Kier molecular flexibility index (Phi) is 3.25. The zero-order valence-corrected chi connectivity index (χ0v) is 5.33. The third-order valence-corrected chi connectivity index (χ3v) is 1.51. The van der Waals surface area contributed by atoms with Crippen molar-refractivity contribution >= 4 is 47.4 Å². The number of carbonyl (C=O) groups is 3. The van der Waals surface area contributed by atoms with Crippen LogP contribution < -0.4 is 5.32 Å². The Hall–Kier alpha value is -0.590. The SMILES string of the molecule is O=C1CC(C(=O)O)(C(=O)O)N1.[NaH]. The quantitative estimate of drug-likeness (QED) is 0.255. The molecule has 3 N–H and O–H groups in total. The van der Waals surface area contributed by atoms with Crippen molar-refractivity contribution in [2.75, 3.05) is 0 Å². The molecule has 1 rings (SSSR count). The zero-order valence-electron chi connectivity index (χ0n) is 5.33. The van der Waals surface area contributed by atoms with Gasteiger partial charge in [0.05, 0.1) is 6.42 Å². The summed E-state index contributed by atoms with van der Waals surface area (Å²) in [5.41, 5.74) is -2.07. The number of hydrogen-bond acceptors (Lipinski definition) is 3. The van der Waals surface area contributed by atoms with E-state index in [9.17, 15) is 14.4 Å². The van der Waals surface area contributed by atoms with E-state index in [0.717, 1.165) is 0 Å². The number of aliphatic carboxylic acids is 2. The molecule has 1 amide bonds. The van der Waals surface area contributed by atoms with Crippen LogP contribution in [-0.4, -0.2) is 63.2 Å². The first-order valence-electron chi connectivity index (χ1n) is 2.77. The van der Waals surface area contributed by atoms with Gasteiger partial charge in [-0.2, -0.15) is 0 Å². The predicted molar refractivity (Wildman–Crippen MR) is 37.9 cm³/mol. The van der Waals surface area contributed by atoms with Gasteiger partial charge in [0.15, 0.2) is 0 Å². The molecule has 12 heavy (non-hydrogen) atoms. The number of carboxylic acid groups (broad SMARTS) is 2. The van der Waals surface area contributed by atoms with E-state index in [4.69, 9.17) is 10.2 Å². The Morgan fingerprint density at radius 2 is 1.67 bits per heavy atom.